The molecule has 0 spiro atoms. The van der Waals surface area contributed by atoms with Crippen LogP contribution in [0, 0.1) is 0 Å². The number of aryl methyl sites for hydroxylation is 1. The largest absolute Gasteiger partial charge is 0.481 e. The zero-order valence-corrected chi connectivity index (χ0v) is 10.2. The fourth-order valence-electron chi connectivity index (χ4n) is 1.74. The van der Waals surface area contributed by atoms with Crippen molar-refractivity contribution in [2.24, 2.45) is 0 Å². The quantitative estimate of drug-likeness (QED) is 0.698. The van der Waals surface area contributed by atoms with Crippen molar-refractivity contribution in [2.45, 2.75) is 31.9 Å². The summed E-state index contributed by atoms with van der Waals surface area (Å²) in [5.74, 6) is -0.923. The van der Waals surface area contributed by atoms with Gasteiger partial charge in [-0.1, -0.05) is 31.2 Å². The molecule has 0 amide bonds. The molecule has 0 saturated heterocycles. The van der Waals surface area contributed by atoms with Crippen molar-refractivity contribution in [2.75, 3.05) is 7.05 Å². The number of rotatable bonds is 6. The molecule has 0 saturated carbocycles. The average molecular weight is 237 g/mol. The van der Waals surface area contributed by atoms with Crippen LogP contribution in [0.2, 0.25) is 0 Å². The van der Waals surface area contributed by atoms with E-state index in [4.69, 9.17) is 5.11 Å². The molecule has 1 aromatic rings. The lowest BCUT2D eigenvalue weighted by molar-refractivity contribution is -0.138. The van der Waals surface area contributed by atoms with Gasteiger partial charge in [0, 0.05) is 6.04 Å². The summed E-state index contributed by atoms with van der Waals surface area (Å²) < 4.78 is 0. The van der Waals surface area contributed by atoms with E-state index in [0.717, 1.165) is 12.0 Å². The zero-order chi connectivity index (χ0) is 12.8. The lowest BCUT2D eigenvalue weighted by Gasteiger charge is -2.21. The summed E-state index contributed by atoms with van der Waals surface area (Å²) in [6.45, 7) is 2.06. The highest BCUT2D eigenvalue weighted by molar-refractivity contribution is 5.67. The molecule has 0 radical (unpaired) electrons. The molecule has 2 atom stereocenters. The van der Waals surface area contributed by atoms with Crippen molar-refractivity contribution in [3.63, 3.8) is 0 Å². The second-order valence-corrected chi connectivity index (χ2v) is 4.03. The molecule has 3 N–H and O–H groups in total. The molecule has 1 rings (SSSR count). The van der Waals surface area contributed by atoms with Gasteiger partial charge < -0.3 is 15.5 Å². The van der Waals surface area contributed by atoms with Crippen molar-refractivity contribution in [1.82, 2.24) is 5.32 Å². The van der Waals surface area contributed by atoms with Crippen molar-refractivity contribution >= 4 is 5.97 Å². The standard InChI is InChI=1S/C13H19NO3/c1-3-9-4-6-10(7-5-9)13(17)11(14-2)8-12(15)16/h4-7,11,13-14,17H,3,8H2,1-2H3,(H,15,16). The summed E-state index contributed by atoms with van der Waals surface area (Å²) in [5, 5.41) is 21.6. The van der Waals surface area contributed by atoms with E-state index in [-0.39, 0.29) is 6.42 Å². The first-order valence-electron chi connectivity index (χ1n) is 5.74. The number of benzene rings is 1. The number of hydrogen-bond donors (Lipinski definition) is 3. The molecule has 0 fully saturated rings. The molecule has 2 unspecified atom stereocenters. The lowest BCUT2D eigenvalue weighted by Crippen LogP contribution is -2.34. The van der Waals surface area contributed by atoms with E-state index >= 15 is 0 Å². The van der Waals surface area contributed by atoms with Crippen LogP contribution < -0.4 is 5.32 Å². The number of aliphatic hydroxyl groups is 1. The van der Waals surface area contributed by atoms with E-state index in [1.165, 1.54) is 5.56 Å². The molecule has 17 heavy (non-hydrogen) atoms. The van der Waals surface area contributed by atoms with E-state index in [9.17, 15) is 9.90 Å². The van der Waals surface area contributed by atoms with Gasteiger partial charge in [0.2, 0.25) is 0 Å². The molecular formula is C13H19NO3. The Hall–Kier alpha value is -1.39. The first-order chi connectivity index (χ1) is 8.08. The summed E-state index contributed by atoms with van der Waals surface area (Å²) in [6.07, 6.45) is 0.0377. The Kier molecular flexibility index (Phi) is 5.12. The Morgan fingerprint density at radius 1 is 1.35 bits per heavy atom. The highest BCUT2D eigenvalue weighted by Crippen LogP contribution is 2.19. The molecule has 0 aliphatic heterocycles. The van der Waals surface area contributed by atoms with Crippen LogP contribution in [-0.2, 0) is 11.2 Å². The lowest BCUT2D eigenvalue weighted by atomic mass is 9.98. The Morgan fingerprint density at radius 2 is 1.94 bits per heavy atom. The van der Waals surface area contributed by atoms with Gasteiger partial charge in [0.05, 0.1) is 12.5 Å². The minimum Gasteiger partial charge on any atom is -0.481 e. The fourth-order valence-corrected chi connectivity index (χ4v) is 1.74. The van der Waals surface area contributed by atoms with Crippen LogP contribution >= 0.6 is 0 Å². The predicted molar refractivity (Wildman–Crippen MR) is 65.9 cm³/mol. The molecular weight excluding hydrogens is 218 g/mol. The van der Waals surface area contributed by atoms with Gasteiger partial charge in [-0.2, -0.15) is 0 Å². The van der Waals surface area contributed by atoms with Crippen LogP contribution in [0.25, 0.3) is 0 Å². The summed E-state index contributed by atoms with van der Waals surface area (Å²) >= 11 is 0. The molecule has 0 heterocycles. The Labute approximate surface area is 101 Å². The number of carboxylic acids is 1. The number of nitrogens with one attached hydrogen (secondary N) is 1. The van der Waals surface area contributed by atoms with Crippen LogP contribution in [0.15, 0.2) is 24.3 Å². The number of likely N-dealkylation sites (N-methyl/N-ethyl adjacent to an activating group) is 1. The molecule has 4 heteroatoms. The summed E-state index contributed by atoms with van der Waals surface area (Å²) in [7, 11) is 1.65. The Bertz CT molecular complexity index is 361. The minimum atomic E-state index is -0.923. The topological polar surface area (TPSA) is 69.6 Å². The molecule has 1 aromatic carbocycles. The number of carboxylic acid groups (broad SMARTS) is 1. The van der Waals surface area contributed by atoms with Crippen molar-refractivity contribution < 1.29 is 15.0 Å². The fraction of sp³-hybridized carbons (Fsp3) is 0.462. The van der Waals surface area contributed by atoms with E-state index in [1.807, 2.05) is 24.3 Å². The van der Waals surface area contributed by atoms with E-state index in [0.29, 0.717) is 0 Å². The molecule has 0 aliphatic carbocycles. The van der Waals surface area contributed by atoms with Gasteiger partial charge in [-0.3, -0.25) is 4.79 Å². The van der Waals surface area contributed by atoms with Gasteiger partial charge in [-0.25, -0.2) is 0 Å². The first-order valence-corrected chi connectivity index (χ1v) is 5.74. The van der Waals surface area contributed by atoms with Gasteiger partial charge in [-0.15, -0.1) is 0 Å². The highest BCUT2D eigenvalue weighted by Gasteiger charge is 2.21. The monoisotopic (exact) mass is 237 g/mol. The Balaban J connectivity index is 2.78. The number of hydrogen-bond acceptors (Lipinski definition) is 3. The SMILES string of the molecule is CCc1ccc(C(O)C(CC(=O)O)NC)cc1. The van der Waals surface area contributed by atoms with Gasteiger partial charge in [0.15, 0.2) is 0 Å². The van der Waals surface area contributed by atoms with Gasteiger partial charge >= 0.3 is 5.97 Å². The van der Waals surface area contributed by atoms with Crippen molar-refractivity contribution in [1.29, 1.82) is 0 Å². The van der Waals surface area contributed by atoms with E-state index in [2.05, 4.69) is 12.2 Å². The van der Waals surface area contributed by atoms with Gasteiger partial charge in [0.25, 0.3) is 0 Å². The minimum absolute atomic E-state index is 0.104. The normalized spacial score (nSPS) is 14.3. The summed E-state index contributed by atoms with van der Waals surface area (Å²) in [6, 6.07) is 7.11. The molecule has 0 aliphatic rings. The molecule has 4 nitrogen and oxygen atoms in total. The maximum absolute atomic E-state index is 10.7. The van der Waals surface area contributed by atoms with E-state index in [1.54, 1.807) is 7.05 Å². The second-order valence-electron chi connectivity index (χ2n) is 4.03. The van der Waals surface area contributed by atoms with Crippen molar-refractivity contribution in [3.8, 4) is 0 Å². The third-order valence-corrected chi connectivity index (χ3v) is 2.88. The van der Waals surface area contributed by atoms with Gasteiger partial charge in [0.1, 0.15) is 0 Å². The third kappa shape index (κ3) is 3.84. The number of aliphatic hydroxyl groups excluding tert-OH is 1. The smallest absolute Gasteiger partial charge is 0.305 e. The van der Waals surface area contributed by atoms with Gasteiger partial charge in [-0.05, 0) is 24.6 Å². The molecule has 0 aromatic heterocycles. The van der Waals surface area contributed by atoms with Crippen LogP contribution in [0.3, 0.4) is 0 Å². The Morgan fingerprint density at radius 3 is 2.35 bits per heavy atom. The summed E-state index contributed by atoms with van der Waals surface area (Å²) in [4.78, 5) is 10.7. The van der Waals surface area contributed by atoms with Crippen LogP contribution in [0.1, 0.15) is 30.6 Å². The summed E-state index contributed by atoms with van der Waals surface area (Å²) in [5.41, 5.74) is 1.93. The van der Waals surface area contributed by atoms with Crippen molar-refractivity contribution in [3.05, 3.63) is 35.4 Å². The third-order valence-electron chi connectivity index (χ3n) is 2.88. The van der Waals surface area contributed by atoms with Crippen LogP contribution in [-0.4, -0.2) is 29.3 Å². The van der Waals surface area contributed by atoms with Crippen LogP contribution in [0.5, 0.6) is 0 Å². The maximum atomic E-state index is 10.7. The van der Waals surface area contributed by atoms with E-state index < -0.39 is 18.1 Å². The molecule has 94 valence electrons. The molecule has 0 bridgehead atoms. The zero-order valence-electron chi connectivity index (χ0n) is 10.2. The average Bonchev–Trinajstić information content (AvgIpc) is 2.35. The first kappa shape index (κ1) is 13.7. The maximum Gasteiger partial charge on any atom is 0.305 e. The second kappa shape index (κ2) is 6.37. The highest BCUT2D eigenvalue weighted by atomic mass is 16.4. The number of carbonyl (C=O) groups is 1. The predicted octanol–water partition coefficient (Wildman–Crippen LogP) is 1.35. The van der Waals surface area contributed by atoms with Crippen LogP contribution in [0.4, 0.5) is 0 Å². The number of aliphatic carboxylic acids is 1.